The maximum absolute atomic E-state index is 9.38. The number of anilines is 1. The second kappa shape index (κ2) is 9.03. The Morgan fingerprint density at radius 2 is 1.73 bits per heavy atom. The van der Waals surface area contributed by atoms with Crippen LogP contribution in [-0.2, 0) is 6.54 Å². The quantitative estimate of drug-likeness (QED) is 0.280. The van der Waals surface area contributed by atoms with Gasteiger partial charge in [0.15, 0.2) is 5.11 Å². The molecule has 1 heterocycles. The van der Waals surface area contributed by atoms with Gasteiger partial charge in [-0.3, -0.25) is 5.43 Å². The second-order valence-corrected chi connectivity index (χ2v) is 7.10. The molecule has 5 nitrogen and oxygen atoms in total. The highest BCUT2D eigenvalue weighted by atomic mass is 32.1. The minimum atomic E-state index is 0.420. The van der Waals surface area contributed by atoms with Crippen LogP contribution in [0.4, 0.5) is 5.69 Å². The van der Waals surface area contributed by atoms with Crippen molar-refractivity contribution in [2.24, 2.45) is 5.10 Å². The summed E-state index contributed by atoms with van der Waals surface area (Å²) in [7, 11) is 0. The number of benzene rings is 3. The first-order valence-electron chi connectivity index (χ1n) is 9.45. The lowest BCUT2D eigenvalue weighted by atomic mass is 10.1. The predicted octanol–water partition coefficient (Wildman–Crippen LogP) is 4.88. The zero-order chi connectivity index (χ0) is 20.8. The van der Waals surface area contributed by atoms with Crippen molar-refractivity contribution in [3.8, 4) is 6.07 Å². The minimum absolute atomic E-state index is 0.420. The smallest absolute Gasteiger partial charge is 0.191 e. The van der Waals surface area contributed by atoms with E-state index in [2.05, 4.69) is 38.6 Å². The van der Waals surface area contributed by atoms with Crippen molar-refractivity contribution in [1.29, 1.82) is 5.26 Å². The van der Waals surface area contributed by atoms with Crippen LogP contribution >= 0.6 is 12.2 Å². The van der Waals surface area contributed by atoms with Crippen LogP contribution in [-0.4, -0.2) is 15.9 Å². The Hall–Kier alpha value is -3.95. The van der Waals surface area contributed by atoms with E-state index in [1.54, 1.807) is 6.21 Å². The summed E-state index contributed by atoms with van der Waals surface area (Å²) in [5, 5.41) is 18.3. The van der Waals surface area contributed by atoms with E-state index in [-0.39, 0.29) is 0 Å². The Labute approximate surface area is 180 Å². The van der Waals surface area contributed by atoms with Gasteiger partial charge in [0.05, 0.1) is 17.8 Å². The summed E-state index contributed by atoms with van der Waals surface area (Å²) < 4.78 is 2.13. The molecule has 0 saturated carbocycles. The molecule has 0 amide bonds. The van der Waals surface area contributed by atoms with E-state index < -0.39 is 0 Å². The molecule has 4 aromatic rings. The van der Waals surface area contributed by atoms with E-state index >= 15 is 0 Å². The first-order valence-corrected chi connectivity index (χ1v) is 9.86. The monoisotopic (exact) mass is 409 g/mol. The normalized spacial score (nSPS) is 10.8. The van der Waals surface area contributed by atoms with E-state index in [4.69, 9.17) is 12.2 Å². The van der Waals surface area contributed by atoms with E-state index in [1.807, 2.05) is 72.9 Å². The van der Waals surface area contributed by atoms with Crippen molar-refractivity contribution in [2.75, 3.05) is 5.32 Å². The van der Waals surface area contributed by atoms with Crippen molar-refractivity contribution in [3.05, 3.63) is 102 Å². The molecule has 0 aliphatic carbocycles. The summed E-state index contributed by atoms with van der Waals surface area (Å²) in [4.78, 5) is 0. The molecule has 0 saturated heterocycles. The number of fused-ring (bicyclic) bond motifs is 1. The number of rotatable bonds is 5. The second-order valence-electron chi connectivity index (χ2n) is 6.69. The maximum atomic E-state index is 9.38. The highest BCUT2D eigenvalue weighted by molar-refractivity contribution is 7.80. The van der Waals surface area contributed by atoms with Crippen molar-refractivity contribution < 1.29 is 0 Å². The summed E-state index contributed by atoms with van der Waals surface area (Å²) >= 11 is 5.30. The van der Waals surface area contributed by atoms with Crippen LogP contribution in [0.5, 0.6) is 0 Å². The number of para-hydroxylation sites is 2. The average molecular weight is 410 g/mol. The molecule has 30 heavy (non-hydrogen) atoms. The molecular weight excluding hydrogens is 390 g/mol. The maximum Gasteiger partial charge on any atom is 0.191 e. The van der Waals surface area contributed by atoms with Crippen LogP contribution in [0.15, 0.2) is 90.2 Å². The summed E-state index contributed by atoms with van der Waals surface area (Å²) in [6.45, 7) is 0.611. The third-order valence-corrected chi connectivity index (χ3v) is 4.89. The largest absolute Gasteiger partial charge is 0.342 e. The van der Waals surface area contributed by atoms with Gasteiger partial charge in [-0.1, -0.05) is 54.6 Å². The Balaban J connectivity index is 1.54. The fraction of sp³-hybridized carbons (Fsp3) is 0.0417. The average Bonchev–Trinajstić information content (AvgIpc) is 3.12. The summed E-state index contributed by atoms with van der Waals surface area (Å²) in [5.74, 6) is 0. The van der Waals surface area contributed by atoms with Crippen molar-refractivity contribution in [2.45, 2.75) is 6.54 Å². The van der Waals surface area contributed by atoms with Gasteiger partial charge in [-0.05, 0) is 42.0 Å². The highest BCUT2D eigenvalue weighted by Gasteiger charge is 2.09. The number of nitrogens with zero attached hydrogens (tertiary/aromatic N) is 3. The number of nitriles is 1. The fourth-order valence-electron chi connectivity index (χ4n) is 3.30. The van der Waals surface area contributed by atoms with E-state index in [0.29, 0.717) is 17.2 Å². The number of hydrazone groups is 1. The Morgan fingerprint density at radius 1 is 1.00 bits per heavy atom. The Morgan fingerprint density at radius 3 is 2.57 bits per heavy atom. The van der Waals surface area contributed by atoms with Gasteiger partial charge in [0.1, 0.15) is 0 Å². The van der Waals surface area contributed by atoms with Gasteiger partial charge < -0.3 is 9.88 Å². The molecule has 6 heteroatoms. The first-order chi connectivity index (χ1) is 14.7. The molecule has 2 N–H and O–H groups in total. The molecule has 0 fully saturated rings. The van der Waals surface area contributed by atoms with Gasteiger partial charge in [-0.15, -0.1) is 0 Å². The molecule has 0 atom stereocenters. The SMILES string of the molecule is N#Cc1ccccc1Cn1cc(/C=N/NC(=S)Nc2ccccc2)c2ccccc21. The third kappa shape index (κ3) is 4.37. The van der Waals surface area contributed by atoms with Crippen LogP contribution in [0.25, 0.3) is 10.9 Å². The molecule has 4 rings (SSSR count). The molecule has 0 unspecified atom stereocenters. The van der Waals surface area contributed by atoms with Gasteiger partial charge in [-0.2, -0.15) is 10.4 Å². The topological polar surface area (TPSA) is 65.1 Å². The summed E-state index contributed by atoms with van der Waals surface area (Å²) in [5.41, 5.74) is 7.47. The van der Waals surface area contributed by atoms with Gasteiger partial charge in [0.2, 0.25) is 0 Å². The van der Waals surface area contributed by atoms with Crippen LogP contribution in [0, 0.1) is 11.3 Å². The highest BCUT2D eigenvalue weighted by Crippen LogP contribution is 2.22. The molecule has 0 aliphatic rings. The van der Waals surface area contributed by atoms with Crippen LogP contribution in [0.2, 0.25) is 0 Å². The molecule has 0 aliphatic heterocycles. The van der Waals surface area contributed by atoms with E-state index in [9.17, 15) is 5.26 Å². The molecule has 3 aromatic carbocycles. The van der Waals surface area contributed by atoms with Crippen molar-refractivity contribution >= 4 is 40.1 Å². The summed E-state index contributed by atoms with van der Waals surface area (Å²) in [6, 6.07) is 27.8. The standard InChI is InChI=1S/C24H19N5S/c25-14-18-8-4-5-9-19(18)16-29-17-20(22-12-6-7-13-23(22)29)15-26-28-24(30)27-21-10-2-1-3-11-21/h1-13,15,17H,16H2,(H2,27,28,30)/b26-15+. The number of hydrogen-bond donors (Lipinski definition) is 2. The van der Waals surface area contributed by atoms with Gasteiger partial charge in [0.25, 0.3) is 0 Å². The minimum Gasteiger partial charge on any atom is -0.342 e. The zero-order valence-electron chi connectivity index (χ0n) is 16.1. The third-order valence-electron chi connectivity index (χ3n) is 4.70. The molecule has 0 bridgehead atoms. The fourth-order valence-corrected chi connectivity index (χ4v) is 3.47. The van der Waals surface area contributed by atoms with Gasteiger partial charge in [0, 0.05) is 34.9 Å². The predicted molar refractivity (Wildman–Crippen MR) is 126 cm³/mol. The van der Waals surface area contributed by atoms with E-state index in [1.165, 1.54) is 0 Å². The van der Waals surface area contributed by atoms with Crippen molar-refractivity contribution in [1.82, 2.24) is 9.99 Å². The lowest BCUT2D eigenvalue weighted by Crippen LogP contribution is -2.23. The van der Waals surface area contributed by atoms with Gasteiger partial charge >= 0.3 is 0 Å². The molecule has 1 aromatic heterocycles. The first kappa shape index (κ1) is 19.4. The lowest BCUT2D eigenvalue weighted by Gasteiger charge is -2.07. The molecule has 0 radical (unpaired) electrons. The number of aromatic nitrogens is 1. The van der Waals surface area contributed by atoms with Crippen LogP contribution in [0.3, 0.4) is 0 Å². The number of hydrogen-bond acceptors (Lipinski definition) is 3. The number of thiocarbonyl (C=S) groups is 1. The van der Waals surface area contributed by atoms with Gasteiger partial charge in [-0.25, -0.2) is 0 Å². The lowest BCUT2D eigenvalue weighted by molar-refractivity contribution is 0.833. The Bertz CT molecular complexity index is 1250. The van der Waals surface area contributed by atoms with Crippen LogP contribution < -0.4 is 10.7 Å². The van der Waals surface area contributed by atoms with Crippen LogP contribution in [0.1, 0.15) is 16.7 Å². The molecule has 146 valence electrons. The zero-order valence-corrected chi connectivity index (χ0v) is 16.9. The summed E-state index contributed by atoms with van der Waals surface area (Å²) in [6.07, 6.45) is 3.80. The number of nitrogens with one attached hydrogen (secondary N) is 2. The molecular formula is C24H19N5S. The van der Waals surface area contributed by atoms with Crippen molar-refractivity contribution in [3.63, 3.8) is 0 Å². The molecule has 0 spiro atoms. The van der Waals surface area contributed by atoms with E-state index in [0.717, 1.165) is 27.7 Å². The Kier molecular flexibility index (Phi) is 5.83.